The number of piperazine rings is 1. The molecular formula is C41H44N2O8. The molecule has 0 aliphatic carbocycles. The van der Waals surface area contributed by atoms with E-state index < -0.39 is 18.1 Å². The number of ether oxygens (including phenoxy) is 6. The molecule has 1 amide bonds. The van der Waals surface area contributed by atoms with Gasteiger partial charge in [0.1, 0.15) is 18.1 Å². The first kappa shape index (κ1) is 34.3. The first-order valence-electron chi connectivity index (χ1n) is 17.0. The van der Waals surface area contributed by atoms with Gasteiger partial charge in [0.25, 0.3) is 0 Å². The molecule has 3 heterocycles. The third kappa shape index (κ3) is 5.53. The molecule has 4 aromatic carbocycles. The summed E-state index contributed by atoms with van der Waals surface area (Å²) < 4.78 is 37.0. The zero-order valence-electron chi connectivity index (χ0n) is 30.1. The number of carbonyl (C=O) groups is 1. The number of benzene rings is 4. The monoisotopic (exact) mass is 692 g/mol. The van der Waals surface area contributed by atoms with Crippen molar-refractivity contribution in [1.82, 2.24) is 9.80 Å². The maximum atomic E-state index is 15.0. The molecule has 3 aliphatic rings. The predicted molar refractivity (Wildman–Crippen MR) is 193 cm³/mol. The van der Waals surface area contributed by atoms with Crippen LogP contribution in [0.4, 0.5) is 0 Å². The number of carbonyl (C=O) groups excluding carboxylic acids is 1. The van der Waals surface area contributed by atoms with E-state index in [2.05, 4.69) is 0 Å². The molecule has 4 aromatic rings. The lowest BCUT2D eigenvalue weighted by Gasteiger charge is -2.53. The van der Waals surface area contributed by atoms with Gasteiger partial charge in [0.2, 0.25) is 5.91 Å². The first-order chi connectivity index (χ1) is 24.7. The molecule has 0 aromatic heterocycles. The summed E-state index contributed by atoms with van der Waals surface area (Å²) in [5.74, 6) is 2.55. The van der Waals surface area contributed by atoms with E-state index in [1.807, 2.05) is 97.4 Å². The van der Waals surface area contributed by atoms with Crippen molar-refractivity contribution in [2.24, 2.45) is 0 Å². The normalized spacial score (nSPS) is 19.0. The molecule has 0 unspecified atom stereocenters. The molecule has 2 bridgehead atoms. The number of aromatic hydroxyl groups is 1. The fourth-order valence-electron chi connectivity index (χ4n) is 8.15. The minimum atomic E-state index is -0.623. The van der Waals surface area contributed by atoms with Gasteiger partial charge in [-0.3, -0.25) is 9.69 Å². The number of amides is 1. The topological polar surface area (TPSA) is 99.2 Å². The number of phenols is 1. The second-order valence-corrected chi connectivity index (χ2v) is 13.1. The minimum Gasteiger partial charge on any atom is -0.504 e. The van der Waals surface area contributed by atoms with Gasteiger partial charge in [0.15, 0.2) is 23.0 Å². The summed E-state index contributed by atoms with van der Waals surface area (Å²) in [6.07, 6.45) is 2.33. The largest absolute Gasteiger partial charge is 0.504 e. The number of phenolic OH excluding ortho intramolecular Hbond substituents is 1. The smallest absolute Gasteiger partial charge is 0.245 e. The second-order valence-electron chi connectivity index (χ2n) is 13.1. The number of nitrogens with zero attached hydrogens (tertiary/aromatic N) is 2. The van der Waals surface area contributed by atoms with Gasteiger partial charge in [0.05, 0.1) is 59.8 Å². The Labute approximate surface area is 298 Å². The van der Waals surface area contributed by atoms with Crippen LogP contribution >= 0.6 is 0 Å². The van der Waals surface area contributed by atoms with Crippen LogP contribution < -0.4 is 23.7 Å². The summed E-state index contributed by atoms with van der Waals surface area (Å²) in [7, 11) is 8.31. The molecule has 0 saturated carbocycles. The highest BCUT2D eigenvalue weighted by Crippen LogP contribution is 2.59. The average molecular weight is 693 g/mol. The van der Waals surface area contributed by atoms with Crippen molar-refractivity contribution in [3.63, 3.8) is 0 Å². The number of likely N-dealkylation sites (N-methyl/N-ethyl adjacent to an activating group) is 1. The van der Waals surface area contributed by atoms with Crippen molar-refractivity contribution in [1.29, 1.82) is 0 Å². The standard InChI is InChI=1S/C41H44N2O8/c1-23-36(46-4)28-19-30-41(45)43-29(34(42(30)3)33(28)35(44)38(23)48-6)18-27-32(31(43)22-50-20-25-14-10-8-11-15-25)40(39(49-7)24(2)37(27)47-5)51-21-26-16-12-9-13-17-26/h8-18,30-31,34,44H,19-22H2,1-7H3/t30-,31-,34-/m0/s1. The van der Waals surface area contributed by atoms with Crippen molar-refractivity contribution in [3.05, 3.63) is 111 Å². The Morgan fingerprint density at radius 1 is 0.745 bits per heavy atom. The molecule has 1 fully saturated rings. The molecule has 0 spiro atoms. The first-order valence-corrected chi connectivity index (χ1v) is 17.0. The van der Waals surface area contributed by atoms with Crippen LogP contribution in [0.25, 0.3) is 6.08 Å². The summed E-state index contributed by atoms with van der Waals surface area (Å²) in [4.78, 5) is 18.8. The van der Waals surface area contributed by atoms with E-state index in [-0.39, 0.29) is 24.9 Å². The van der Waals surface area contributed by atoms with Crippen molar-refractivity contribution in [2.75, 3.05) is 42.1 Å². The fraction of sp³-hybridized carbons (Fsp3) is 0.341. The highest BCUT2D eigenvalue weighted by atomic mass is 16.5. The molecule has 51 heavy (non-hydrogen) atoms. The van der Waals surface area contributed by atoms with Crippen molar-refractivity contribution in [2.45, 2.75) is 51.6 Å². The second kappa shape index (κ2) is 13.8. The Morgan fingerprint density at radius 2 is 1.33 bits per heavy atom. The van der Waals surface area contributed by atoms with Crippen LogP contribution in [-0.2, 0) is 29.2 Å². The quantitative estimate of drug-likeness (QED) is 0.185. The van der Waals surface area contributed by atoms with Gasteiger partial charge in [-0.1, -0.05) is 60.7 Å². The molecule has 10 heteroatoms. The molecule has 266 valence electrons. The summed E-state index contributed by atoms with van der Waals surface area (Å²) >= 11 is 0. The number of rotatable bonds is 11. The molecule has 7 rings (SSSR count). The Balaban J connectivity index is 1.47. The van der Waals surface area contributed by atoms with Crippen LogP contribution in [0.1, 0.15) is 56.6 Å². The lowest BCUT2D eigenvalue weighted by molar-refractivity contribution is -0.145. The summed E-state index contributed by atoms with van der Waals surface area (Å²) in [6.45, 7) is 4.58. The van der Waals surface area contributed by atoms with E-state index >= 15 is 0 Å². The highest BCUT2D eigenvalue weighted by molar-refractivity contribution is 5.91. The highest BCUT2D eigenvalue weighted by Gasteiger charge is 2.53. The van der Waals surface area contributed by atoms with Crippen LogP contribution in [0, 0.1) is 13.8 Å². The molecule has 3 atom stereocenters. The van der Waals surface area contributed by atoms with Crippen molar-refractivity contribution in [3.8, 4) is 34.5 Å². The van der Waals surface area contributed by atoms with Gasteiger partial charge in [-0.25, -0.2) is 0 Å². The van der Waals surface area contributed by atoms with E-state index in [0.29, 0.717) is 58.6 Å². The Bertz CT molecular complexity index is 2000. The van der Waals surface area contributed by atoms with Gasteiger partial charge in [-0.2, -0.15) is 0 Å². The molecular weight excluding hydrogens is 648 g/mol. The number of hydrogen-bond donors (Lipinski definition) is 1. The third-order valence-corrected chi connectivity index (χ3v) is 10.4. The molecule has 3 aliphatic heterocycles. The Hall–Kier alpha value is -5.19. The lowest BCUT2D eigenvalue weighted by Crippen LogP contribution is -2.60. The van der Waals surface area contributed by atoms with Crippen LogP contribution in [-0.4, -0.2) is 68.9 Å². The Morgan fingerprint density at radius 3 is 1.94 bits per heavy atom. The predicted octanol–water partition coefficient (Wildman–Crippen LogP) is 6.67. The van der Waals surface area contributed by atoms with Crippen LogP contribution in [0.15, 0.2) is 66.4 Å². The lowest BCUT2D eigenvalue weighted by atomic mass is 9.77. The third-order valence-electron chi connectivity index (χ3n) is 10.4. The van der Waals surface area contributed by atoms with Gasteiger partial charge >= 0.3 is 0 Å². The minimum absolute atomic E-state index is 0.0312. The van der Waals surface area contributed by atoms with Gasteiger partial charge in [0, 0.05) is 45.5 Å². The van der Waals surface area contributed by atoms with E-state index in [4.69, 9.17) is 28.4 Å². The van der Waals surface area contributed by atoms with Crippen molar-refractivity contribution < 1.29 is 38.3 Å². The molecule has 1 saturated heterocycles. The number of hydrogen-bond acceptors (Lipinski definition) is 9. The van der Waals surface area contributed by atoms with E-state index in [1.165, 1.54) is 7.11 Å². The van der Waals surface area contributed by atoms with Crippen LogP contribution in [0.2, 0.25) is 0 Å². The maximum absolute atomic E-state index is 15.0. The van der Waals surface area contributed by atoms with Gasteiger partial charge in [-0.05, 0) is 38.1 Å². The summed E-state index contributed by atoms with van der Waals surface area (Å²) in [6, 6.07) is 18.2. The van der Waals surface area contributed by atoms with Crippen LogP contribution in [0.3, 0.4) is 0 Å². The fourth-order valence-corrected chi connectivity index (χ4v) is 8.15. The zero-order chi connectivity index (χ0) is 36.0. The number of fused-ring (bicyclic) bond motifs is 7. The molecule has 0 radical (unpaired) electrons. The molecule has 10 nitrogen and oxygen atoms in total. The van der Waals surface area contributed by atoms with Gasteiger partial charge < -0.3 is 38.4 Å². The summed E-state index contributed by atoms with van der Waals surface area (Å²) in [5, 5.41) is 11.9. The van der Waals surface area contributed by atoms with E-state index in [0.717, 1.165) is 33.4 Å². The van der Waals surface area contributed by atoms with E-state index in [9.17, 15) is 9.90 Å². The Kier molecular flexibility index (Phi) is 9.30. The van der Waals surface area contributed by atoms with E-state index in [1.54, 1.807) is 21.3 Å². The van der Waals surface area contributed by atoms with Crippen molar-refractivity contribution >= 4 is 12.0 Å². The average Bonchev–Trinajstić information content (AvgIpc) is 3.14. The summed E-state index contributed by atoms with van der Waals surface area (Å²) in [5.41, 5.74) is 7.06. The zero-order valence-corrected chi connectivity index (χ0v) is 30.1. The molecule has 1 N–H and O–H groups in total. The maximum Gasteiger partial charge on any atom is 0.245 e. The SMILES string of the molecule is COc1c(C)c(OC)c2c(c1O)[C@@H]1C3=Cc4c(OC)c(C)c(OC)c(OCc5ccccc5)c4[C@H](COCc4ccccc4)N3C(=O)[C@H](C2)N1C. The van der Waals surface area contributed by atoms with Crippen LogP contribution in [0.5, 0.6) is 34.5 Å². The number of methoxy groups -OCH3 is 4. The van der Waals surface area contributed by atoms with Gasteiger partial charge in [-0.15, -0.1) is 0 Å².